The van der Waals surface area contributed by atoms with E-state index in [1.54, 1.807) is 29.9 Å². The van der Waals surface area contributed by atoms with E-state index in [2.05, 4.69) is 34.2 Å². The number of aromatic nitrogens is 3. The number of nitrogens with one attached hydrogen (secondary N) is 1. The molecule has 0 unspecified atom stereocenters. The Kier molecular flexibility index (Phi) is 4.80. The van der Waals surface area contributed by atoms with Crippen LogP contribution in [-0.2, 0) is 0 Å². The van der Waals surface area contributed by atoms with Crippen LogP contribution in [0.3, 0.4) is 0 Å². The van der Waals surface area contributed by atoms with Crippen molar-refractivity contribution >= 4 is 29.3 Å². The van der Waals surface area contributed by atoms with Gasteiger partial charge in [0.05, 0.1) is 12.7 Å². The molecule has 0 radical (unpaired) electrons. The molecule has 6 nitrogen and oxygen atoms in total. The molecule has 2 rings (SSSR count). The molecular formula is C14H19ClN6. The van der Waals surface area contributed by atoms with Gasteiger partial charge in [-0.05, 0) is 12.0 Å². The largest absolute Gasteiger partial charge is 0.401 e. The van der Waals surface area contributed by atoms with Crippen LogP contribution >= 0.6 is 11.6 Å². The number of allylic oxidation sites excluding steroid dienone is 1. The summed E-state index contributed by atoms with van der Waals surface area (Å²) in [5, 5.41) is 8.00. The summed E-state index contributed by atoms with van der Waals surface area (Å²) in [6.45, 7) is 4.66. The van der Waals surface area contributed by atoms with Crippen LogP contribution in [0, 0.1) is 0 Å². The molecule has 0 aliphatic heterocycles. The number of halogens is 1. The minimum Gasteiger partial charge on any atom is -0.401 e. The number of fused-ring (bicyclic) bond motifs is 1. The van der Waals surface area contributed by atoms with Gasteiger partial charge in [0.1, 0.15) is 11.0 Å². The number of nitrogens with two attached hydrogens (primary N) is 1. The van der Waals surface area contributed by atoms with Gasteiger partial charge >= 0.3 is 0 Å². The first-order valence-corrected chi connectivity index (χ1v) is 7.05. The lowest BCUT2D eigenvalue weighted by atomic mass is 10.1. The zero-order valence-corrected chi connectivity index (χ0v) is 13.1. The van der Waals surface area contributed by atoms with Gasteiger partial charge in [-0.3, -0.25) is 4.99 Å². The summed E-state index contributed by atoms with van der Waals surface area (Å²) in [4.78, 5) is 8.21. The molecular weight excluding hydrogens is 288 g/mol. The van der Waals surface area contributed by atoms with Crippen molar-refractivity contribution in [3.05, 3.63) is 34.8 Å². The van der Waals surface area contributed by atoms with E-state index in [1.807, 2.05) is 6.20 Å². The van der Waals surface area contributed by atoms with E-state index in [0.717, 1.165) is 17.0 Å². The zero-order chi connectivity index (χ0) is 15.4. The Bertz CT molecular complexity index is 686. The molecule has 0 aromatic carbocycles. The Hall–Kier alpha value is -2.08. The quantitative estimate of drug-likeness (QED) is 0.657. The van der Waals surface area contributed by atoms with Gasteiger partial charge in [-0.1, -0.05) is 25.4 Å². The highest BCUT2D eigenvalue weighted by molar-refractivity contribution is 6.29. The van der Waals surface area contributed by atoms with E-state index in [9.17, 15) is 0 Å². The number of hydrogen-bond acceptors (Lipinski definition) is 5. The van der Waals surface area contributed by atoms with Crippen LogP contribution in [0.5, 0.6) is 0 Å². The van der Waals surface area contributed by atoms with Crippen molar-refractivity contribution in [2.24, 2.45) is 10.7 Å². The van der Waals surface area contributed by atoms with Gasteiger partial charge in [-0.15, -0.1) is 0 Å². The zero-order valence-electron chi connectivity index (χ0n) is 12.3. The Morgan fingerprint density at radius 3 is 3.00 bits per heavy atom. The fourth-order valence-corrected chi connectivity index (χ4v) is 2.09. The Morgan fingerprint density at radius 2 is 2.33 bits per heavy atom. The highest BCUT2D eigenvalue weighted by atomic mass is 35.5. The van der Waals surface area contributed by atoms with Crippen LogP contribution in [0.15, 0.2) is 29.0 Å². The number of aliphatic imine (C=N–C) groups is 1. The minimum atomic E-state index is 0.326. The maximum atomic E-state index is 6.10. The predicted molar refractivity (Wildman–Crippen MR) is 87.3 cm³/mol. The lowest BCUT2D eigenvalue weighted by Gasteiger charge is -2.09. The first-order valence-electron chi connectivity index (χ1n) is 6.67. The number of anilines is 1. The molecule has 0 amide bonds. The molecule has 21 heavy (non-hydrogen) atoms. The first kappa shape index (κ1) is 15.3. The molecule has 0 aliphatic carbocycles. The van der Waals surface area contributed by atoms with Crippen molar-refractivity contribution in [3.8, 4) is 0 Å². The number of rotatable bonds is 5. The van der Waals surface area contributed by atoms with Crippen molar-refractivity contribution in [1.29, 1.82) is 0 Å². The molecule has 0 spiro atoms. The normalized spacial score (nSPS) is 12.7. The third-order valence-electron chi connectivity index (χ3n) is 3.00. The van der Waals surface area contributed by atoms with Gasteiger partial charge in [0.2, 0.25) is 0 Å². The average Bonchev–Trinajstić information content (AvgIpc) is 2.86. The second-order valence-corrected chi connectivity index (χ2v) is 5.34. The molecule has 0 fully saturated rings. The fraction of sp³-hybridized carbons (Fsp3) is 0.357. The SMILES string of the molecule is CN=CC=C(N)CNc1cc(Cl)nc2c(C(C)C)cnn12. The smallest absolute Gasteiger partial charge is 0.162 e. The second-order valence-electron chi connectivity index (χ2n) is 4.96. The van der Waals surface area contributed by atoms with E-state index < -0.39 is 0 Å². The van der Waals surface area contributed by atoms with Crippen LogP contribution in [0.25, 0.3) is 5.65 Å². The highest BCUT2D eigenvalue weighted by Crippen LogP contribution is 2.23. The van der Waals surface area contributed by atoms with Gasteiger partial charge < -0.3 is 11.1 Å². The summed E-state index contributed by atoms with van der Waals surface area (Å²) in [7, 11) is 1.70. The van der Waals surface area contributed by atoms with Crippen LogP contribution in [0.4, 0.5) is 5.82 Å². The summed E-state index contributed by atoms with van der Waals surface area (Å²) < 4.78 is 1.74. The Balaban J connectivity index is 2.32. The summed E-state index contributed by atoms with van der Waals surface area (Å²) in [5.41, 5.74) is 8.36. The molecule has 0 saturated heterocycles. The van der Waals surface area contributed by atoms with Crippen LogP contribution in [-0.4, -0.2) is 34.4 Å². The van der Waals surface area contributed by atoms with Crippen LogP contribution < -0.4 is 11.1 Å². The first-order chi connectivity index (χ1) is 10.0. The molecule has 7 heteroatoms. The van der Waals surface area contributed by atoms with Crippen LogP contribution in [0.2, 0.25) is 5.15 Å². The fourth-order valence-electron chi connectivity index (χ4n) is 1.91. The average molecular weight is 307 g/mol. The Morgan fingerprint density at radius 1 is 1.57 bits per heavy atom. The van der Waals surface area contributed by atoms with E-state index in [1.165, 1.54) is 0 Å². The molecule has 0 bridgehead atoms. The molecule has 2 aromatic heterocycles. The van der Waals surface area contributed by atoms with Gasteiger partial charge in [0.15, 0.2) is 5.65 Å². The highest BCUT2D eigenvalue weighted by Gasteiger charge is 2.13. The Labute approximate surface area is 128 Å². The third-order valence-corrected chi connectivity index (χ3v) is 3.19. The topological polar surface area (TPSA) is 80.6 Å². The number of hydrogen-bond donors (Lipinski definition) is 2. The second kappa shape index (κ2) is 6.58. The summed E-state index contributed by atoms with van der Waals surface area (Å²) in [6.07, 6.45) is 5.21. The van der Waals surface area contributed by atoms with Crippen molar-refractivity contribution in [1.82, 2.24) is 14.6 Å². The van der Waals surface area contributed by atoms with Crippen molar-refractivity contribution < 1.29 is 0 Å². The standard InChI is InChI=1S/C14H19ClN6/c1-9(2)11-8-19-21-13(6-12(15)20-14(11)21)18-7-10(16)4-5-17-3/h4-6,8-9,18H,7,16H2,1-3H3. The maximum absolute atomic E-state index is 6.10. The van der Waals surface area contributed by atoms with Crippen molar-refractivity contribution in [3.63, 3.8) is 0 Å². The molecule has 2 aromatic rings. The third kappa shape index (κ3) is 3.52. The van der Waals surface area contributed by atoms with Crippen LogP contribution in [0.1, 0.15) is 25.3 Å². The molecule has 0 saturated carbocycles. The number of nitrogens with zero attached hydrogens (tertiary/aromatic N) is 4. The van der Waals surface area contributed by atoms with Crippen molar-refractivity contribution in [2.75, 3.05) is 18.9 Å². The molecule has 112 valence electrons. The van der Waals surface area contributed by atoms with Crippen molar-refractivity contribution in [2.45, 2.75) is 19.8 Å². The van der Waals surface area contributed by atoms with E-state index in [4.69, 9.17) is 17.3 Å². The lowest BCUT2D eigenvalue weighted by Crippen LogP contribution is -2.14. The maximum Gasteiger partial charge on any atom is 0.162 e. The monoisotopic (exact) mass is 306 g/mol. The minimum absolute atomic E-state index is 0.326. The van der Waals surface area contributed by atoms with E-state index in [0.29, 0.717) is 23.3 Å². The van der Waals surface area contributed by atoms with Gasteiger partial charge in [0.25, 0.3) is 0 Å². The predicted octanol–water partition coefficient (Wildman–Crippen LogP) is 2.46. The van der Waals surface area contributed by atoms with Gasteiger partial charge in [0, 0.05) is 30.6 Å². The molecule has 2 heterocycles. The summed E-state index contributed by atoms with van der Waals surface area (Å²) >= 11 is 6.10. The molecule has 0 aliphatic rings. The van der Waals surface area contributed by atoms with Gasteiger partial charge in [-0.2, -0.15) is 9.61 Å². The molecule has 3 N–H and O–H groups in total. The van der Waals surface area contributed by atoms with Gasteiger partial charge in [-0.25, -0.2) is 4.98 Å². The summed E-state index contributed by atoms with van der Waals surface area (Å²) in [5.74, 6) is 1.08. The lowest BCUT2D eigenvalue weighted by molar-refractivity contribution is 0.871. The van der Waals surface area contributed by atoms with E-state index >= 15 is 0 Å². The van der Waals surface area contributed by atoms with E-state index in [-0.39, 0.29) is 0 Å². The summed E-state index contributed by atoms with van der Waals surface area (Å²) in [6, 6.07) is 1.73. The molecule has 0 atom stereocenters.